The number of hydrogen-bond acceptors (Lipinski definition) is 5. The predicted octanol–water partition coefficient (Wildman–Crippen LogP) is 6.38. The molecule has 6 nitrogen and oxygen atoms in total. The number of halogens is 2. The van der Waals surface area contributed by atoms with Crippen molar-refractivity contribution in [3.63, 3.8) is 0 Å². The highest BCUT2D eigenvalue weighted by atomic mass is 35.5. The predicted molar refractivity (Wildman–Crippen MR) is 127 cm³/mol. The zero-order valence-corrected chi connectivity index (χ0v) is 18.5. The van der Waals surface area contributed by atoms with E-state index in [0.29, 0.717) is 33.2 Å². The molecular formula is C24H17Cl2N5O. The maximum absolute atomic E-state index is 6.59. The van der Waals surface area contributed by atoms with Crippen molar-refractivity contribution in [2.75, 3.05) is 0 Å². The van der Waals surface area contributed by atoms with Gasteiger partial charge in [-0.15, -0.1) is 5.10 Å². The molecule has 0 radical (unpaired) electrons. The summed E-state index contributed by atoms with van der Waals surface area (Å²) in [6.45, 7) is 1.85. The number of amidine groups is 1. The fourth-order valence-corrected chi connectivity index (χ4v) is 3.85. The van der Waals surface area contributed by atoms with Crippen molar-refractivity contribution in [3.05, 3.63) is 100 Å². The summed E-state index contributed by atoms with van der Waals surface area (Å²) in [7, 11) is 0. The number of ether oxygens (including phenoxy) is 1. The first-order chi connectivity index (χ1) is 15.6. The summed E-state index contributed by atoms with van der Waals surface area (Å²) in [6, 6.07) is 20.8. The molecule has 0 spiro atoms. The van der Waals surface area contributed by atoms with Crippen LogP contribution in [0.25, 0.3) is 10.9 Å². The SMILES string of the molecule is CC(=Nc1ccccc1Cl)N1N=C(c2ccncc2)OC1c1cc2ccccc2nc1Cl. The second-order valence-corrected chi connectivity index (χ2v) is 7.89. The summed E-state index contributed by atoms with van der Waals surface area (Å²) in [6.07, 6.45) is 2.73. The summed E-state index contributed by atoms with van der Waals surface area (Å²) >= 11 is 12.9. The molecule has 0 aliphatic carbocycles. The number of benzene rings is 2. The minimum Gasteiger partial charge on any atom is -0.446 e. The van der Waals surface area contributed by atoms with Crippen LogP contribution in [0, 0.1) is 0 Å². The van der Waals surface area contributed by atoms with Crippen LogP contribution in [0.3, 0.4) is 0 Å². The molecule has 1 aliphatic rings. The fourth-order valence-electron chi connectivity index (χ4n) is 3.44. The molecule has 0 amide bonds. The van der Waals surface area contributed by atoms with Crippen LogP contribution in [0.4, 0.5) is 5.69 Å². The molecule has 1 atom stereocenters. The van der Waals surface area contributed by atoms with E-state index in [1.54, 1.807) is 23.5 Å². The van der Waals surface area contributed by atoms with E-state index in [1.165, 1.54) is 0 Å². The topological polar surface area (TPSA) is 63.0 Å². The van der Waals surface area contributed by atoms with E-state index in [9.17, 15) is 0 Å². The largest absolute Gasteiger partial charge is 0.446 e. The van der Waals surface area contributed by atoms with Crippen molar-refractivity contribution in [1.82, 2.24) is 15.0 Å². The van der Waals surface area contributed by atoms with Gasteiger partial charge in [-0.1, -0.05) is 53.5 Å². The highest BCUT2D eigenvalue weighted by Gasteiger charge is 2.34. The van der Waals surface area contributed by atoms with E-state index in [1.807, 2.05) is 67.6 Å². The standard InChI is InChI=1S/C24H17Cl2N5O/c1-15(28-21-9-5-3-7-19(21)25)31-24(32-23(30-31)16-10-12-27-13-11-16)18-14-17-6-2-4-8-20(17)29-22(18)26/h2-14,24H,1H3. The normalized spacial score (nSPS) is 16.2. The van der Waals surface area contributed by atoms with Gasteiger partial charge in [-0.3, -0.25) is 4.98 Å². The van der Waals surface area contributed by atoms with Crippen LogP contribution < -0.4 is 0 Å². The van der Waals surface area contributed by atoms with Gasteiger partial charge in [0, 0.05) is 23.3 Å². The number of aliphatic imine (C=N–C) groups is 1. The molecule has 0 bridgehead atoms. The van der Waals surface area contributed by atoms with E-state index >= 15 is 0 Å². The first-order valence-corrected chi connectivity index (χ1v) is 10.7. The molecule has 1 unspecified atom stereocenters. The number of pyridine rings is 2. The van der Waals surface area contributed by atoms with Gasteiger partial charge in [0.05, 0.1) is 21.8 Å². The highest BCUT2D eigenvalue weighted by molar-refractivity contribution is 6.33. The number of aromatic nitrogens is 2. The Bertz CT molecular complexity index is 1360. The first-order valence-electron chi connectivity index (χ1n) is 9.90. The number of hydrazone groups is 1. The molecule has 158 valence electrons. The summed E-state index contributed by atoms with van der Waals surface area (Å²) in [5.41, 5.74) is 2.93. The van der Waals surface area contributed by atoms with Crippen molar-refractivity contribution in [3.8, 4) is 0 Å². The third-order valence-electron chi connectivity index (χ3n) is 5.01. The number of para-hydroxylation sites is 2. The van der Waals surface area contributed by atoms with Crippen LogP contribution in [0.1, 0.15) is 24.3 Å². The van der Waals surface area contributed by atoms with Gasteiger partial charge in [-0.25, -0.2) is 15.0 Å². The van der Waals surface area contributed by atoms with Gasteiger partial charge in [0.15, 0.2) is 0 Å². The van der Waals surface area contributed by atoms with Crippen molar-refractivity contribution >= 4 is 51.5 Å². The maximum Gasteiger partial charge on any atom is 0.241 e. The third-order valence-corrected chi connectivity index (χ3v) is 5.63. The van der Waals surface area contributed by atoms with Gasteiger partial charge in [0.2, 0.25) is 12.1 Å². The van der Waals surface area contributed by atoms with Crippen molar-refractivity contribution in [1.29, 1.82) is 0 Å². The van der Waals surface area contributed by atoms with Crippen LogP contribution in [0.15, 0.2) is 89.2 Å². The van der Waals surface area contributed by atoms with E-state index in [-0.39, 0.29) is 0 Å². The Morgan fingerprint density at radius 3 is 2.56 bits per heavy atom. The molecule has 0 N–H and O–H groups in total. The Labute approximate surface area is 194 Å². The molecule has 4 aromatic rings. The highest BCUT2D eigenvalue weighted by Crippen LogP contribution is 2.36. The van der Waals surface area contributed by atoms with Crippen molar-refractivity contribution in [2.45, 2.75) is 13.2 Å². The van der Waals surface area contributed by atoms with Crippen LogP contribution in [0.5, 0.6) is 0 Å². The van der Waals surface area contributed by atoms with Crippen molar-refractivity contribution < 1.29 is 4.74 Å². The van der Waals surface area contributed by atoms with Gasteiger partial charge in [-0.05, 0) is 43.3 Å². The second-order valence-electron chi connectivity index (χ2n) is 7.13. The molecule has 32 heavy (non-hydrogen) atoms. The van der Waals surface area contributed by atoms with E-state index in [0.717, 1.165) is 16.5 Å². The van der Waals surface area contributed by atoms with Gasteiger partial charge >= 0.3 is 0 Å². The Morgan fingerprint density at radius 2 is 1.75 bits per heavy atom. The number of nitrogens with zero attached hydrogens (tertiary/aromatic N) is 5. The quantitative estimate of drug-likeness (QED) is 0.201. The van der Waals surface area contributed by atoms with Crippen LogP contribution in [-0.2, 0) is 4.74 Å². The van der Waals surface area contributed by atoms with E-state index in [4.69, 9.17) is 33.0 Å². The Hall–Kier alpha value is -3.48. The molecule has 0 fully saturated rings. The van der Waals surface area contributed by atoms with Gasteiger partial charge in [0.25, 0.3) is 0 Å². The monoisotopic (exact) mass is 461 g/mol. The Balaban J connectivity index is 1.61. The molecule has 3 heterocycles. The fraction of sp³-hybridized carbons (Fsp3) is 0.0833. The molecule has 8 heteroatoms. The number of fused-ring (bicyclic) bond motifs is 1. The van der Waals surface area contributed by atoms with Crippen LogP contribution >= 0.6 is 23.2 Å². The third kappa shape index (κ3) is 3.90. The molecule has 1 aliphatic heterocycles. The lowest BCUT2D eigenvalue weighted by Crippen LogP contribution is -2.26. The summed E-state index contributed by atoms with van der Waals surface area (Å²) < 4.78 is 6.27. The molecule has 0 saturated heterocycles. The van der Waals surface area contributed by atoms with Gasteiger partial charge < -0.3 is 4.74 Å². The minimum atomic E-state index is -0.644. The van der Waals surface area contributed by atoms with Crippen LogP contribution in [-0.4, -0.2) is 26.7 Å². The Morgan fingerprint density at radius 1 is 1.00 bits per heavy atom. The maximum atomic E-state index is 6.59. The van der Waals surface area contributed by atoms with E-state index in [2.05, 4.69) is 15.0 Å². The smallest absolute Gasteiger partial charge is 0.241 e. The van der Waals surface area contributed by atoms with Gasteiger partial charge in [-0.2, -0.15) is 0 Å². The number of rotatable bonds is 3. The zero-order chi connectivity index (χ0) is 22.1. The lowest BCUT2D eigenvalue weighted by atomic mass is 10.1. The molecule has 2 aromatic carbocycles. The zero-order valence-electron chi connectivity index (χ0n) is 17.0. The minimum absolute atomic E-state index is 0.343. The second kappa shape index (κ2) is 8.57. The van der Waals surface area contributed by atoms with Crippen molar-refractivity contribution in [2.24, 2.45) is 10.1 Å². The van der Waals surface area contributed by atoms with Crippen LogP contribution in [0.2, 0.25) is 10.2 Å². The lowest BCUT2D eigenvalue weighted by Gasteiger charge is -2.22. The summed E-state index contributed by atoms with van der Waals surface area (Å²) in [5.74, 6) is 1.03. The first kappa shape index (κ1) is 20.4. The summed E-state index contributed by atoms with van der Waals surface area (Å²) in [4.78, 5) is 13.3. The molecule has 5 rings (SSSR count). The average molecular weight is 462 g/mol. The van der Waals surface area contributed by atoms with Gasteiger partial charge in [0.1, 0.15) is 11.0 Å². The van der Waals surface area contributed by atoms with E-state index < -0.39 is 6.23 Å². The lowest BCUT2D eigenvalue weighted by molar-refractivity contribution is 0.110. The molecule has 0 saturated carbocycles. The number of hydrogen-bond donors (Lipinski definition) is 0. The average Bonchev–Trinajstić information content (AvgIpc) is 3.26. The summed E-state index contributed by atoms with van der Waals surface area (Å²) in [5, 5.41) is 8.24. The molecule has 2 aromatic heterocycles. The molecular weight excluding hydrogens is 445 g/mol. The Kier molecular flexibility index (Phi) is 5.47.